The second-order valence-corrected chi connectivity index (χ2v) is 5.43. The van der Waals surface area contributed by atoms with Crippen LogP contribution in [-0.2, 0) is 12.8 Å². The Bertz CT molecular complexity index is 805. The van der Waals surface area contributed by atoms with E-state index >= 15 is 0 Å². The molecule has 2 heterocycles. The van der Waals surface area contributed by atoms with Crippen LogP contribution in [0.4, 0.5) is 0 Å². The van der Waals surface area contributed by atoms with Gasteiger partial charge < -0.3 is 10.9 Å². The van der Waals surface area contributed by atoms with E-state index in [2.05, 4.69) is 22.0 Å². The van der Waals surface area contributed by atoms with Crippen molar-refractivity contribution >= 4 is 28.2 Å². The molecule has 108 valence electrons. The zero-order valence-corrected chi connectivity index (χ0v) is 12.3. The van der Waals surface area contributed by atoms with Crippen molar-refractivity contribution in [3.05, 3.63) is 41.2 Å². The number of oxime groups is 1. The van der Waals surface area contributed by atoms with Gasteiger partial charge in [0.2, 0.25) is 0 Å². The van der Waals surface area contributed by atoms with Gasteiger partial charge in [-0.2, -0.15) is 0 Å². The van der Waals surface area contributed by atoms with Crippen molar-refractivity contribution in [2.24, 2.45) is 10.9 Å². The summed E-state index contributed by atoms with van der Waals surface area (Å²) in [6, 6.07) is 7.83. The number of rotatable bonds is 4. The predicted octanol–water partition coefficient (Wildman–Crippen LogP) is 2.33. The summed E-state index contributed by atoms with van der Waals surface area (Å²) in [4.78, 5) is 9.18. The van der Waals surface area contributed by atoms with Crippen molar-refractivity contribution in [3.63, 3.8) is 0 Å². The van der Waals surface area contributed by atoms with Crippen LogP contribution in [-0.4, -0.2) is 25.6 Å². The van der Waals surface area contributed by atoms with Crippen molar-refractivity contribution in [3.8, 4) is 5.13 Å². The highest BCUT2D eigenvalue weighted by Gasteiger charge is 2.15. The molecule has 0 bridgehead atoms. The molecule has 0 aliphatic rings. The van der Waals surface area contributed by atoms with Gasteiger partial charge in [-0.1, -0.05) is 24.2 Å². The van der Waals surface area contributed by atoms with Crippen LogP contribution >= 0.6 is 11.3 Å². The lowest BCUT2D eigenvalue weighted by Crippen LogP contribution is -2.17. The van der Waals surface area contributed by atoms with Crippen LogP contribution in [0.3, 0.4) is 0 Å². The van der Waals surface area contributed by atoms with Crippen molar-refractivity contribution in [1.82, 2.24) is 14.5 Å². The Morgan fingerprint density at radius 2 is 2.19 bits per heavy atom. The predicted molar refractivity (Wildman–Crippen MR) is 83.2 cm³/mol. The van der Waals surface area contributed by atoms with Gasteiger partial charge in [0.25, 0.3) is 0 Å². The standard InChI is InChI=1S/C14H15N5OS/c1-2-9-8-21-14(16-9)19-11-6-4-3-5-10(11)17-13(19)7-12(15)18-20/h3-6,8,20H,2,7H2,1H3,(H2,15,18). The number of hydrogen-bond acceptors (Lipinski definition) is 5. The zero-order valence-electron chi connectivity index (χ0n) is 11.5. The summed E-state index contributed by atoms with van der Waals surface area (Å²) in [7, 11) is 0. The Labute approximate surface area is 125 Å². The molecule has 0 spiro atoms. The topological polar surface area (TPSA) is 89.3 Å². The Balaban J connectivity index is 2.19. The summed E-state index contributed by atoms with van der Waals surface area (Å²) in [5.41, 5.74) is 8.51. The largest absolute Gasteiger partial charge is 0.409 e. The average molecular weight is 301 g/mol. The normalized spacial score (nSPS) is 12.1. The van der Waals surface area contributed by atoms with E-state index in [1.807, 2.05) is 34.2 Å². The van der Waals surface area contributed by atoms with Gasteiger partial charge in [-0.3, -0.25) is 4.57 Å². The molecular weight excluding hydrogens is 286 g/mol. The second kappa shape index (κ2) is 5.53. The van der Waals surface area contributed by atoms with Crippen molar-refractivity contribution in [1.29, 1.82) is 0 Å². The lowest BCUT2D eigenvalue weighted by molar-refractivity contribution is 0.317. The monoisotopic (exact) mass is 301 g/mol. The number of aromatic nitrogens is 3. The van der Waals surface area contributed by atoms with Crippen molar-refractivity contribution in [2.45, 2.75) is 19.8 Å². The number of amidine groups is 1. The van der Waals surface area contributed by atoms with E-state index in [4.69, 9.17) is 10.9 Å². The minimum absolute atomic E-state index is 0.124. The maximum absolute atomic E-state index is 8.79. The summed E-state index contributed by atoms with van der Waals surface area (Å²) in [5.74, 6) is 0.835. The van der Waals surface area contributed by atoms with Crippen LogP contribution in [0, 0.1) is 0 Å². The average Bonchev–Trinajstić information content (AvgIpc) is 3.10. The first-order valence-corrected chi connectivity index (χ1v) is 7.48. The van der Waals surface area contributed by atoms with Gasteiger partial charge in [0, 0.05) is 5.38 Å². The molecule has 0 unspecified atom stereocenters. The third-order valence-corrected chi connectivity index (χ3v) is 4.07. The van der Waals surface area contributed by atoms with Crippen LogP contribution in [0.5, 0.6) is 0 Å². The maximum atomic E-state index is 8.79. The number of thiazole rings is 1. The SMILES string of the molecule is CCc1csc(-n2c(CC(N)=NO)nc3ccccc32)n1. The molecule has 0 aliphatic carbocycles. The lowest BCUT2D eigenvalue weighted by Gasteiger charge is -2.04. The Kier molecular flexibility index (Phi) is 3.57. The van der Waals surface area contributed by atoms with E-state index in [1.54, 1.807) is 11.3 Å². The molecule has 6 nitrogen and oxygen atoms in total. The number of aryl methyl sites for hydroxylation is 1. The number of nitrogens with two attached hydrogens (primary N) is 1. The molecule has 7 heteroatoms. The molecule has 21 heavy (non-hydrogen) atoms. The molecule has 3 rings (SSSR count). The minimum Gasteiger partial charge on any atom is -0.409 e. The number of imidazole rings is 1. The molecule has 0 saturated heterocycles. The molecule has 3 aromatic rings. The molecule has 0 amide bonds. The van der Waals surface area contributed by atoms with Crippen LogP contribution in [0.25, 0.3) is 16.2 Å². The first-order chi connectivity index (χ1) is 10.2. The van der Waals surface area contributed by atoms with Crippen LogP contribution < -0.4 is 5.73 Å². The summed E-state index contributed by atoms with van der Waals surface area (Å²) in [6.45, 7) is 2.07. The molecule has 0 radical (unpaired) electrons. The van der Waals surface area contributed by atoms with E-state index in [0.717, 1.165) is 28.3 Å². The lowest BCUT2D eigenvalue weighted by atomic mass is 10.3. The molecule has 0 aliphatic heterocycles. The van der Waals surface area contributed by atoms with Crippen molar-refractivity contribution in [2.75, 3.05) is 0 Å². The van der Waals surface area contributed by atoms with Gasteiger partial charge in [0.1, 0.15) is 11.7 Å². The maximum Gasteiger partial charge on any atom is 0.195 e. The van der Waals surface area contributed by atoms with Gasteiger partial charge in [-0.05, 0) is 18.6 Å². The van der Waals surface area contributed by atoms with Gasteiger partial charge >= 0.3 is 0 Å². The summed E-state index contributed by atoms with van der Waals surface area (Å²) >= 11 is 1.56. The number of para-hydroxylation sites is 2. The fourth-order valence-corrected chi connectivity index (χ4v) is 3.11. The second-order valence-electron chi connectivity index (χ2n) is 4.60. The highest BCUT2D eigenvalue weighted by atomic mass is 32.1. The van der Waals surface area contributed by atoms with E-state index < -0.39 is 0 Å². The molecule has 3 N–H and O–H groups in total. The fourth-order valence-electron chi connectivity index (χ4n) is 2.17. The van der Waals surface area contributed by atoms with Gasteiger partial charge in [-0.25, -0.2) is 9.97 Å². The van der Waals surface area contributed by atoms with E-state index in [9.17, 15) is 0 Å². The Morgan fingerprint density at radius 3 is 2.90 bits per heavy atom. The summed E-state index contributed by atoms with van der Waals surface area (Å²) in [6.07, 6.45) is 1.16. The summed E-state index contributed by atoms with van der Waals surface area (Å²) in [5, 5.41) is 14.7. The molecule has 0 saturated carbocycles. The van der Waals surface area contributed by atoms with E-state index in [1.165, 1.54) is 0 Å². The third-order valence-electron chi connectivity index (χ3n) is 3.19. The van der Waals surface area contributed by atoms with Crippen LogP contribution in [0.1, 0.15) is 18.4 Å². The highest BCUT2D eigenvalue weighted by Crippen LogP contribution is 2.24. The van der Waals surface area contributed by atoms with Gasteiger partial charge in [-0.15, -0.1) is 11.3 Å². The van der Waals surface area contributed by atoms with Gasteiger partial charge in [0.05, 0.1) is 23.1 Å². The molecule has 2 aromatic heterocycles. The smallest absolute Gasteiger partial charge is 0.195 e. The Hall–Kier alpha value is -2.41. The molecular formula is C14H15N5OS. The van der Waals surface area contributed by atoms with E-state index in [0.29, 0.717) is 5.82 Å². The van der Waals surface area contributed by atoms with Crippen LogP contribution in [0.15, 0.2) is 34.8 Å². The van der Waals surface area contributed by atoms with Crippen molar-refractivity contribution < 1.29 is 5.21 Å². The fraction of sp³-hybridized carbons (Fsp3) is 0.214. The number of nitrogens with zero attached hydrogens (tertiary/aromatic N) is 4. The Morgan fingerprint density at radius 1 is 1.38 bits per heavy atom. The minimum atomic E-state index is 0.124. The van der Waals surface area contributed by atoms with Crippen LogP contribution in [0.2, 0.25) is 0 Å². The molecule has 1 aromatic carbocycles. The number of benzene rings is 1. The summed E-state index contributed by atoms with van der Waals surface area (Å²) < 4.78 is 1.97. The first-order valence-electron chi connectivity index (χ1n) is 6.60. The number of fused-ring (bicyclic) bond motifs is 1. The zero-order chi connectivity index (χ0) is 14.8. The highest BCUT2D eigenvalue weighted by molar-refractivity contribution is 7.12. The quantitative estimate of drug-likeness (QED) is 0.335. The molecule has 0 fully saturated rings. The third kappa shape index (κ3) is 2.47. The molecule has 0 atom stereocenters. The van der Waals surface area contributed by atoms with E-state index in [-0.39, 0.29) is 12.3 Å². The number of hydrogen-bond donors (Lipinski definition) is 2. The first kappa shape index (κ1) is 13.6. The van der Waals surface area contributed by atoms with Gasteiger partial charge in [0.15, 0.2) is 5.13 Å².